The second-order valence-corrected chi connectivity index (χ2v) is 7.04. The second-order valence-electron chi connectivity index (χ2n) is 7.04. The van der Waals surface area contributed by atoms with Crippen molar-refractivity contribution in [3.05, 3.63) is 47.2 Å². The van der Waals surface area contributed by atoms with Crippen molar-refractivity contribution in [2.45, 2.75) is 31.2 Å². The number of hydrogen-bond acceptors (Lipinski definition) is 3. The first-order valence-corrected chi connectivity index (χ1v) is 8.55. The van der Waals surface area contributed by atoms with Crippen LogP contribution in [-0.4, -0.2) is 35.2 Å². The first-order valence-electron chi connectivity index (χ1n) is 8.55. The predicted molar refractivity (Wildman–Crippen MR) is 97.8 cm³/mol. The van der Waals surface area contributed by atoms with Gasteiger partial charge in [0, 0.05) is 20.0 Å². The molecule has 1 heterocycles. The van der Waals surface area contributed by atoms with Gasteiger partial charge < -0.3 is 10.2 Å². The zero-order valence-corrected chi connectivity index (χ0v) is 15.4. The number of carbonyl (C=O) groups excluding carboxylic acids is 1. The molecule has 5 nitrogen and oxygen atoms in total. The monoisotopic (exact) mass is 370 g/mol. The summed E-state index contributed by atoms with van der Waals surface area (Å²) < 4.78 is 28.3. The number of benzene rings is 1. The standard InChI is InChI=1S/C20H20F2N4O/c1-5-12-9-10-20(2,23-19(27)26(3)4)18-13(12)11-16(24-25-18)17-14(21)7-6-8-15(17)22/h1,6-8,11-12H,9-10H2,2-4H3,(H,23,27)/t12-,20-/m0/s1. The summed E-state index contributed by atoms with van der Waals surface area (Å²) in [6.07, 6.45) is 6.85. The molecule has 1 N–H and O–H groups in total. The Morgan fingerprint density at radius 3 is 2.59 bits per heavy atom. The lowest BCUT2D eigenvalue weighted by Gasteiger charge is -2.38. The molecular formula is C20H20F2N4O. The highest BCUT2D eigenvalue weighted by Gasteiger charge is 2.39. The Morgan fingerprint density at radius 1 is 1.33 bits per heavy atom. The number of hydrogen-bond donors (Lipinski definition) is 1. The average molecular weight is 370 g/mol. The Labute approximate surface area is 156 Å². The topological polar surface area (TPSA) is 58.1 Å². The van der Waals surface area contributed by atoms with Crippen LogP contribution in [0.1, 0.15) is 36.9 Å². The number of carbonyl (C=O) groups is 1. The van der Waals surface area contributed by atoms with E-state index in [9.17, 15) is 13.6 Å². The number of urea groups is 1. The van der Waals surface area contributed by atoms with Gasteiger partial charge in [-0.25, -0.2) is 13.6 Å². The summed E-state index contributed by atoms with van der Waals surface area (Å²) >= 11 is 0. The fourth-order valence-electron chi connectivity index (χ4n) is 3.31. The molecule has 1 aliphatic carbocycles. The smallest absolute Gasteiger partial charge is 0.317 e. The van der Waals surface area contributed by atoms with E-state index in [1.807, 2.05) is 6.92 Å². The van der Waals surface area contributed by atoms with E-state index in [1.165, 1.54) is 23.1 Å². The summed E-state index contributed by atoms with van der Waals surface area (Å²) in [4.78, 5) is 13.6. The highest BCUT2D eigenvalue weighted by atomic mass is 19.1. The summed E-state index contributed by atoms with van der Waals surface area (Å²) in [7, 11) is 3.28. The summed E-state index contributed by atoms with van der Waals surface area (Å²) in [5.74, 6) is 0.991. The van der Waals surface area contributed by atoms with Crippen LogP contribution in [0.5, 0.6) is 0 Å². The lowest BCUT2D eigenvalue weighted by atomic mass is 9.76. The van der Waals surface area contributed by atoms with Crippen molar-refractivity contribution in [1.82, 2.24) is 20.4 Å². The molecule has 2 atom stereocenters. The van der Waals surface area contributed by atoms with Crippen molar-refractivity contribution < 1.29 is 13.6 Å². The minimum Gasteiger partial charge on any atom is -0.331 e. The Kier molecular flexibility index (Phi) is 4.83. The summed E-state index contributed by atoms with van der Waals surface area (Å²) in [5, 5.41) is 11.2. The van der Waals surface area contributed by atoms with Crippen molar-refractivity contribution in [3.63, 3.8) is 0 Å². The Balaban J connectivity index is 2.12. The Bertz CT molecular complexity index is 918. The van der Waals surface area contributed by atoms with Gasteiger partial charge in [-0.2, -0.15) is 5.10 Å². The number of aromatic nitrogens is 2. The van der Waals surface area contributed by atoms with Gasteiger partial charge in [-0.05, 0) is 43.5 Å². The van der Waals surface area contributed by atoms with Crippen LogP contribution < -0.4 is 5.32 Å². The van der Waals surface area contributed by atoms with Crippen molar-refractivity contribution >= 4 is 6.03 Å². The normalized spacial score (nSPS) is 21.1. The number of terminal acetylenes is 1. The van der Waals surface area contributed by atoms with E-state index in [2.05, 4.69) is 21.4 Å². The molecule has 0 radical (unpaired) electrons. The number of rotatable bonds is 2. The van der Waals surface area contributed by atoms with Crippen LogP contribution in [0.3, 0.4) is 0 Å². The molecule has 2 amide bonds. The molecule has 1 aromatic carbocycles. The number of fused-ring (bicyclic) bond motifs is 1. The molecule has 1 aliphatic rings. The molecule has 0 unspecified atom stereocenters. The molecule has 1 aromatic heterocycles. The van der Waals surface area contributed by atoms with Gasteiger partial charge in [0.05, 0.1) is 22.5 Å². The SMILES string of the molecule is C#C[C@H]1CC[C@](C)(NC(=O)N(C)C)c2nnc(-c3c(F)cccc3F)cc21. The fourth-order valence-corrected chi connectivity index (χ4v) is 3.31. The molecule has 0 saturated carbocycles. The second kappa shape index (κ2) is 6.95. The molecule has 0 saturated heterocycles. The maximum atomic E-state index is 14.1. The van der Waals surface area contributed by atoms with E-state index < -0.39 is 17.2 Å². The molecule has 0 fully saturated rings. The van der Waals surface area contributed by atoms with Gasteiger partial charge >= 0.3 is 6.03 Å². The highest BCUT2D eigenvalue weighted by Crippen LogP contribution is 2.41. The van der Waals surface area contributed by atoms with Gasteiger partial charge in [-0.3, -0.25) is 0 Å². The third-order valence-electron chi connectivity index (χ3n) is 4.86. The quantitative estimate of drug-likeness (QED) is 0.824. The van der Waals surface area contributed by atoms with Crippen molar-refractivity contribution in [1.29, 1.82) is 0 Å². The van der Waals surface area contributed by atoms with Gasteiger partial charge in [0.2, 0.25) is 0 Å². The van der Waals surface area contributed by atoms with Gasteiger partial charge in [-0.15, -0.1) is 11.5 Å². The van der Waals surface area contributed by atoms with Crippen LogP contribution in [0.4, 0.5) is 13.6 Å². The van der Waals surface area contributed by atoms with Crippen LogP contribution in [0, 0.1) is 24.0 Å². The molecule has 140 valence electrons. The van der Waals surface area contributed by atoms with Crippen molar-refractivity contribution in [2.75, 3.05) is 14.1 Å². The van der Waals surface area contributed by atoms with E-state index >= 15 is 0 Å². The Morgan fingerprint density at radius 2 is 2.00 bits per heavy atom. The number of nitrogens with one attached hydrogen (secondary N) is 1. The number of nitrogens with zero attached hydrogens (tertiary/aromatic N) is 3. The van der Waals surface area contributed by atoms with E-state index in [1.54, 1.807) is 20.2 Å². The highest BCUT2D eigenvalue weighted by molar-refractivity contribution is 5.75. The predicted octanol–water partition coefficient (Wildman–Crippen LogP) is 3.42. The van der Waals surface area contributed by atoms with Crippen LogP contribution in [0.2, 0.25) is 0 Å². The van der Waals surface area contributed by atoms with Gasteiger partial charge in [0.15, 0.2) is 0 Å². The fraction of sp³-hybridized carbons (Fsp3) is 0.350. The first kappa shape index (κ1) is 18.8. The van der Waals surface area contributed by atoms with E-state index in [4.69, 9.17) is 6.42 Å². The lowest BCUT2D eigenvalue weighted by molar-refractivity contribution is 0.196. The van der Waals surface area contributed by atoms with E-state index in [0.29, 0.717) is 24.1 Å². The molecule has 0 aliphatic heterocycles. The summed E-state index contributed by atoms with van der Waals surface area (Å²) in [6, 6.07) is 4.93. The largest absolute Gasteiger partial charge is 0.331 e. The van der Waals surface area contributed by atoms with Gasteiger partial charge in [0.1, 0.15) is 11.6 Å². The van der Waals surface area contributed by atoms with E-state index in [-0.39, 0.29) is 23.2 Å². The number of halogens is 2. The van der Waals surface area contributed by atoms with E-state index in [0.717, 1.165) is 0 Å². The van der Waals surface area contributed by atoms with Crippen LogP contribution in [0.15, 0.2) is 24.3 Å². The molecule has 7 heteroatoms. The molecule has 3 rings (SSSR count). The molecule has 0 spiro atoms. The van der Waals surface area contributed by atoms with Gasteiger partial charge in [-0.1, -0.05) is 12.0 Å². The van der Waals surface area contributed by atoms with Crippen LogP contribution in [-0.2, 0) is 5.54 Å². The molecular weight excluding hydrogens is 350 g/mol. The minimum absolute atomic E-state index is 0.0767. The third kappa shape index (κ3) is 3.35. The zero-order valence-electron chi connectivity index (χ0n) is 15.4. The Hall–Kier alpha value is -3.01. The van der Waals surface area contributed by atoms with Crippen LogP contribution in [0.25, 0.3) is 11.3 Å². The molecule has 0 bridgehead atoms. The van der Waals surface area contributed by atoms with Crippen molar-refractivity contribution in [2.24, 2.45) is 0 Å². The summed E-state index contributed by atoms with van der Waals surface area (Å²) in [5.41, 5.74) is 0.231. The molecule has 2 aromatic rings. The summed E-state index contributed by atoms with van der Waals surface area (Å²) in [6.45, 7) is 1.85. The van der Waals surface area contributed by atoms with Gasteiger partial charge in [0.25, 0.3) is 0 Å². The van der Waals surface area contributed by atoms with Crippen LogP contribution >= 0.6 is 0 Å². The maximum absolute atomic E-state index is 14.1. The third-order valence-corrected chi connectivity index (χ3v) is 4.86. The lowest BCUT2D eigenvalue weighted by Crippen LogP contribution is -2.50. The molecule has 27 heavy (non-hydrogen) atoms. The number of amides is 2. The van der Waals surface area contributed by atoms with Crippen molar-refractivity contribution in [3.8, 4) is 23.6 Å². The first-order chi connectivity index (χ1) is 12.8. The maximum Gasteiger partial charge on any atom is 0.317 e. The zero-order chi connectivity index (χ0) is 19.8. The average Bonchev–Trinajstić information content (AvgIpc) is 2.62. The minimum atomic E-state index is -0.774.